The van der Waals surface area contributed by atoms with Crippen molar-refractivity contribution in [3.63, 3.8) is 0 Å². The summed E-state index contributed by atoms with van der Waals surface area (Å²) in [4.78, 5) is 11.1. The fraction of sp³-hybridized carbons (Fsp3) is 0.542. The molecule has 186 valence electrons. The SMILES string of the molecule is Cc1c(Nc2ncc3cc(Cl)c([C@H]4CCN([C@@H]5CCOC5)C[C@@H]4F)cc3n2)cnn1[C@H]1CC1(F)F. The highest BCUT2D eigenvalue weighted by molar-refractivity contribution is 6.32. The Morgan fingerprint density at radius 1 is 1.23 bits per heavy atom. The number of hydrogen-bond donors (Lipinski definition) is 1. The molecule has 2 aliphatic heterocycles. The molecule has 4 atom stereocenters. The standard InChI is InChI=1S/C24H26ClF3N6O/c1-13-21(10-30-34(13)22-8-24(22,27)28)32-23-29-9-14-6-18(25)17(7-20(14)31-23)16-2-4-33(11-19(16)26)15-3-5-35-12-15/h6-7,9-10,15-16,19,22H,2-5,8,11-12H2,1H3,(H,29,31,32)/t15-,16-,19+,22+/m1/s1. The second kappa shape index (κ2) is 8.60. The second-order valence-electron chi connectivity index (χ2n) is 9.74. The van der Waals surface area contributed by atoms with Crippen LogP contribution in [0.2, 0.25) is 5.02 Å². The number of nitrogens with zero attached hydrogens (tertiary/aromatic N) is 5. The Labute approximate surface area is 205 Å². The first-order valence-corrected chi connectivity index (χ1v) is 12.3. The number of likely N-dealkylation sites (tertiary alicyclic amines) is 1. The van der Waals surface area contributed by atoms with E-state index in [0.717, 1.165) is 30.5 Å². The largest absolute Gasteiger partial charge is 0.380 e. The van der Waals surface area contributed by atoms with Crippen LogP contribution in [0.5, 0.6) is 0 Å². The zero-order valence-corrected chi connectivity index (χ0v) is 20.0. The highest BCUT2D eigenvalue weighted by Crippen LogP contribution is 2.53. The van der Waals surface area contributed by atoms with E-state index in [1.165, 1.54) is 10.9 Å². The Morgan fingerprint density at radius 3 is 2.77 bits per heavy atom. The summed E-state index contributed by atoms with van der Waals surface area (Å²) in [6.07, 6.45) is 3.53. The van der Waals surface area contributed by atoms with Crippen LogP contribution in [0.25, 0.3) is 10.9 Å². The molecule has 0 unspecified atom stereocenters. The summed E-state index contributed by atoms with van der Waals surface area (Å²) in [6.45, 7) is 4.30. The van der Waals surface area contributed by atoms with Crippen molar-refractivity contribution < 1.29 is 17.9 Å². The molecule has 0 bridgehead atoms. The van der Waals surface area contributed by atoms with Gasteiger partial charge in [0.15, 0.2) is 0 Å². The van der Waals surface area contributed by atoms with Gasteiger partial charge in [-0.15, -0.1) is 0 Å². The number of aromatic nitrogens is 4. The zero-order valence-electron chi connectivity index (χ0n) is 19.2. The molecule has 2 saturated heterocycles. The van der Waals surface area contributed by atoms with Gasteiger partial charge in [0.25, 0.3) is 5.92 Å². The fourth-order valence-corrected chi connectivity index (χ4v) is 5.59. The molecule has 35 heavy (non-hydrogen) atoms. The van der Waals surface area contributed by atoms with Crippen molar-refractivity contribution >= 4 is 34.1 Å². The van der Waals surface area contributed by atoms with Crippen LogP contribution in [0.15, 0.2) is 24.5 Å². The van der Waals surface area contributed by atoms with Gasteiger partial charge in [0.2, 0.25) is 5.95 Å². The number of anilines is 2. The number of ether oxygens (including phenoxy) is 1. The van der Waals surface area contributed by atoms with Crippen molar-refractivity contribution in [2.75, 3.05) is 31.6 Å². The summed E-state index contributed by atoms with van der Waals surface area (Å²) in [5.74, 6) is -2.71. The van der Waals surface area contributed by atoms with E-state index in [1.54, 1.807) is 19.2 Å². The molecule has 11 heteroatoms. The van der Waals surface area contributed by atoms with Gasteiger partial charge in [0.05, 0.1) is 29.7 Å². The molecule has 0 radical (unpaired) electrons. The van der Waals surface area contributed by atoms with Gasteiger partial charge in [-0.25, -0.2) is 23.1 Å². The predicted octanol–water partition coefficient (Wildman–Crippen LogP) is 5.03. The molecule has 2 aromatic heterocycles. The smallest absolute Gasteiger partial charge is 0.272 e. The molecule has 0 spiro atoms. The Balaban J connectivity index is 1.23. The molecule has 7 nitrogen and oxygen atoms in total. The van der Waals surface area contributed by atoms with E-state index in [-0.39, 0.29) is 12.3 Å². The van der Waals surface area contributed by atoms with Gasteiger partial charge in [0.1, 0.15) is 12.2 Å². The number of nitrogens with one attached hydrogen (secondary N) is 1. The second-order valence-corrected chi connectivity index (χ2v) is 10.2. The first kappa shape index (κ1) is 23.0. The predicted molar refractivity (Wildman–Crippen MR) is 126 cm³/mol. The molecule has 1 saturated carbocycles. The van der Waals surface area contributed by atoms with Crippen molar-refractivity contribution in [3.05, 3.63) is 40.8 Å². The van der Waals surface area contributed by atoms with Crippen molar-refractivity contribution in [3.8, 4) is 0 Å². The summed E-state index contributed by atoms with van der Waals surface area (Å²) >= 11 is 6.57. The Bertz CT molecular complexity index is 1260. The number of halogens is 4. The van der Waals surface area contributed by atoms with E-state index in [1.807, 2.05) is 6.07 Å². The molecule has 3 aromatic rings. The molecular formula is C24H26ClF3N6O. The molecule has 1 aliphatic carbocycles. The van der Waals surface area contributed by atoms with Crippen LogP contribution in [0, 0.1) is 6.92 Å². The quantitative estimate of drug-likeness (QED) is 0.523. The van der Waals surface area contributed by atoms with Gasteiger partial charge in [-0.05, 0) is 44.0 Å². The minimum atomic E-state index is -2.71. The van der Waals surface area contributed by atoms with E-state index < -0.39 is 18.1 Å². The maximum absolute atomic E-state index is 15.3. The molecule has 4 heterocycles. The third-order valence-corrected chi connectivity index (χ3v) is 7.80. The summed E-state index contributed by atoms with van der Waals surface area (Å²) in [5.41, 5.74) is 2.54. The van der Waals surface area contributed by atoms with Gasteiger partial charge < -0.3 is 10.1 Å². The average Bonchev–Trinajstić information content (AvgIpc) is 3.18. The Kier molecular flexibility index (Phi) is 5.65. The van der Waals surface area contributed by atoms with E-state index in [9.17, 15) is 8.78 Å². The lowest BCUT2D eigenvalue weighted by Gasteiger charge is -2.38. The van der Waals surface area contributed by atoms with Crippen LogP contribution in [-0.2, 0) is 4.74 Å². The molecule has 3 aliphatic rings. The maximum Gasteiger partial charge on any atom is 0.272 e. The van der Waals surface area contributed by atoms with E-state index >= 15 is 4.39 Å². The minimum absolute atomic E-state index is 0.200. The summed E-state index contributed by atoms with van der Waals surface area (Å²) in [6, 6.07) is 3.01. The summed E-state index contributed by atoms with van der Waals surface area (Å²) < 4.78 is 49.1. The van der Waals surface area contributed by atoms with Crippen molar-refractivity contribution in [2.45, 2.75) is 56.3 Å². The summed E-state index contributed by atoms with van der Waals surface area (Å²) in [7, 11) is 0. The Hall–Kier alpha value is -2.43. The van der Waals surface area contributed by atoms with Crippen LogP contribution in [-0.4, -0.2) is 69.1 Å². The molecule has 0 amide bonds. The van der Waals surface area contributed by atoms with Crippen LogP contribution in [0.4, 0.5) is 24.8 Å². The van der Waals surface area contributed by atoms with E-state index in [4.69, 9.17) is 16.3 Å². The molecule has 3 fully saturated rings. The highest BCUT2D eigenvalue weighted by Gasteiger charge is 2.59. The number of piperidine rings is 1. The van der Waals surface area contributed by atoms with Crippen molar-refractivity contribution in [1.82, 2.24) is 24.6 Å². The van der Waals surface area contributed by atoms with Gasteiger partial charge in [0, 0.05) is 48.1 Å². The first-order chi connectivity index (χ1) is 16.8. The molecular weight excluding hydrogens is 481 g/mol. The monoisotopic (exact) mass is 506 g/mol. The zero-order chi connectivity index (χ0) is 24.3. The lowest BCUT2D eigenvalue weighted by molar-refractivity contribution is 0.0729. The molecule has 1 aromatic carbocycles. The number of hydrogen-bond acceptors (Lipinski definition) is 6. The lowest BCUT2D eigenvalue weighted by atomic mass is 9.86. The van der Waals surface area contributed by atoms with Gasteiger partial charge >= 0.3 is 0 Å². The van der Waals surface area contributed by atoms with Gasteiger partial charge in [-0.2, -0.15) is 5.10 Å². The van der Waals surface area contributed by atoms with Gasteiger partial charge in [-0.1, -0.05) is 11.6 Å². The number of fused-ring (bicyclic) bond motifs is 1. The number of benzene rings is 1. The normalized spacial score (nSPS) is 28.5. The third-order valence-electron chi connectivity index (χ3n) is 7.47. The average molecular weight is 507 g/mol. The number of alkyl halides is 3. The van der Waals surface area contributed by atoms with Crippen LogP contribution in [0.1, 0.15) is 42.5 Å². The maximum atomic E-state index is 15.3. The number of rotatable bonds is 5. The third kappa shape index (κ3) is 4.25. The summed E-state index contributed by atoms with van der Waals surface area (Å²) in [5, 5.41) is 8.44. The van der Waals surface area contributed by atoms with Crippen LogP contribution < -0.4 is 5.32 Å². The first-order valence-electron chi connectivity index (χ1n) is 11.9. The van der Waals surface area contributed by atoms with Crippen LogP contribution >= 0.6 is 11.6 Å². The minimum Gasteiger partial charge on any atom is -0.380 e. The fourth-order valence-electron chi connectivity index (χ4n) is 5.28. The Morgan fingerprint density at radius 2 is 2.06 bits per heavy atom. The van der Waals surface area contributed by atoms with Crippen LogP contribution in [0.3, 0.4) is 0 Å². The molecule has 1 N–H and O–H groups in total. The topological polar surface area (TPSA) is 68.1 Å². The van der Waals surface area contributed by atoms with Gasteiger partial charge in [-0.3, -0.25) is 9.58 Å². The highest BCUT2D eigenvalue weighted by atomic mass is 35.5. The van der Waals surface area contributed by atoms with Crippen molar-refractivity contribution in [1.29, 1.82) is 0 Å². The lowest BCUT2D eigenvalue weighted by Crippen LogP contribution is -2.46. The van der Waals surface area contributed by atoms with E-state index in [2.05, 4.69) is 25.3 Å². The molecule has 6 rings (SSSR count). The van der Waals surface area contributed by atoms with Crippen molar-refractivity contribution in [2.24, 2.45) is 0 Å². The van der Waals surface area contributed by atoms with E-state index in [0.29, 0.717) is 53.5 Å².